The van der Waals surface area contributed by atoms with Crippen molar-refractivity contribution in [1.82, 2.24) is 10.2 Å². The first-order chi connectivity index (χ1) is 8.65. The van der Waals surface area contributed by atoms with Crippen LogP contribution in [-0.2, 0) is 9.53 Å². The summed E-state index contributed by atoms with van der Waals surface area (Å²) in [5.41, 5.74) is 0. The maximum Gasteiger partial charge on any atom is 0.222 e. The first-order valence-corrected chi connectivity index (χ1v) is 7.14. The van der Waals surface area contributed by atoms with Crippen LogP contribution >= 0.6 is 0 Å². The molecule has 1 unspecified atom stereocenters. The van der Waals surface area contributed by atoms with Gasteiger partial charge in [-0.25, -0.2) is 0 Å². The summed E-state index contributed by atoms with van der Waals surface area (Å²) in [6.07, 6.45) is 3.89. The van der Waals surface area contributed by atoms with Crippen molar-refractivity contribution in [2.45, 2.75) is 45.6 Å². The van der Waals surface area contributed by atoms with Crippen LogP contribution in [0.3, 0.4) is 0 Å². The van der Waals surface area contributed by atoms with E-state index >= 15 is 0 Å². The highest BCUT2D eigenvalue weighted by molar-refractivity contribution is 5.76. The Morgan fingerprint density at radius 2 is 2.28 bits per heavy atom. The van der Waals surface area contributed by atoms with Crippen molar-refractivity contribution in [3.63, 3.8) is 0 Å². The highest BCUT2D eigenvalue weighted by Crippen LogP contribution is 2.14. The van der Waals surface area contributed by atoms with Crippen LogP contribution in [0.5, 0.6) is 0 Å². The van der Waals surface area contributed by atoms with E-state index in [0.717, 1.165) is 26.1 Å². The molecule has 1 N–H and O–H groups in total. The Balaban J connectivity index is 2.39. The van der Waals surface area contributed by atoms with E-state index in [4.69, 9.17) is 4.74 Å². The number of carbonyl (C=O) groups is 1. The van der Waals surface area contributed by atoms with Gasteiger partial charge in [0.25, 0.3) is 0 Å². The number of piperidine rings is 1. The molecule has 0 aromatic heterocycles. The van der Waals surface area contributed by atoms with Crippen molar-refractivity contribution < 1.29 is 9.53 Å². The molecule has 0 aromatic rings. The zero-order valence-corrected chi connectivity index (χ0v) is 12.1. The third kappa shape index (κ3) is 5.36. The van der Waals surface area contributed by atoms with Crippen LogP contribution in [0, 0.1) is 5.92 Å². The topological polar surface area (TPSA) is 41.6 Å². The first-order valence-electron chi connectivity index (χ1n) is 7.14. The number of ether oxygens (including phenoxy) is 1. The zero-order chi connectivity index (χ0) is 13.4. The van der Waals surface area contributed by atoms with E-state index in [9.17, 15) is 4.79 Å². The fourth-order valence-corrected chi connectivity index (χ4v) is 2.47. The molecule has 0 aromatic carbocycles. The highest BCUT2D eigenvalue weighted by atomic mass is 16.5. The molecule has 106 valence electrons. The Hall–Kier alpha value is -0.610. The molecule has 0 spiro atoms. The van der Waals surface area contributed by atoms with Crippen molar-refractivity contribution in [3.8, 4) is 0 Å². The number of amides is 1. The second kappa shape index (κ2) is 8.48. The van der Waals surface area contributed by atoms with Crippen LogP contribution < -0.4 is 5.32 Å². The SMILES string of the molecule is COCCCC(=O)N(CC1CCCNC1)C(C)C. The summed E-state index contributed by atoms with van der Waals surface area (Å²) in [6.45, 7) is 7.95. The molecule has 0 radical (unpaired) electrons. The molecule has 1 atom stereocenters. The summed E-state index contributed by atoms with van der Waals surface area (Å²) in [4.78, 5) is 14.2. The van der Waals surface area contributed by atoms with E-state index in [1.165, 1.54) is 12.8 Å². The van der Waals surface area contributed by atoms with Gasteiger partial charge in [-0.2, -0.15) is 0 Å². The van der Waals surface area contributed by atoms with E-state index in [2.05, 4.69) is 19.2 Å². The smallest absolute Gasteiger partial charge is 0.222 e. The quantitative estimate of drug-likeness (QED) is 0.704. The molecule has 1 saturated heterocycles. The van der Waals surface area contributed by atoms with Gasteiger partial charge in [0.2, 0.25) is 5.91 Å². The summed E-state index contributed by atoms with van der Waals surface area (Å²) >= 11 is 0. The molecular formula is C14H28N2O2. The van der Waals surface area contributed by atoms with E-state index in [0.29, 0.717) is 25.0 Å². The summed E-state index contributed by atoms with van der Waals surface area (Å²) in [7, 11) is 1.68. The minimum absolute atomic E-state index is 0.271. The largest absolute Gasteiger partial charge is 0.385 e. The maximum atomic E-state index is 12.2. The minimum Gasteiger partial charge on any atom is -0.385 e. The van der Waals surface area contributed by atoms with E-state index in [1.54, 1.807) is 7.11 Å². The molecular weight excluding hydrogens is 228 g/mol. The average Bonchev–Trinajstić information content (AvgIpc) is 2.37. The second-order valence-corrected chi connectivity index (χ2v) is 5.45. The normalized spacial score (nSPS) is 20.1. The molecule has 1 rings (SSSR count). The van der Waals surface area contributed by atoms with Gasteiger partial charge in [0.15, 0.2) is 0 Å². The number of carbonyl (C=O) groups excluding carboxylic acids is 1. The van der Waals surface area contributed by atoms with Crippen LogP contribution in [0.15, 0.2) is 0 Å². The number of nitrogens with one attached hydrogen (secondary N) is 1. The number of methoxy groups -OCH3 is 1. The number of rotatable bonds is 7. The van der Waals surface area contributed by atoms with Crippen LogP contribution in [0.1, 0.15) is 39.5 Å². The summed E-state index contributed by atoms with van der Waals surface area (Å²) in [5, 5.41) is 3.41. The predicted octanol–water partition coefficient (Wildman–Crippen LogP) is 1.65. The number of nitrogens with zero attached hydrogens (tertiary/aromatic N) is 1. The monoisotopic (exact) mass is 256 g/mol. The van der Waals surface area contributed by atoms with Gasteiger partial charge in [-0.05, 0) is 52.1 Å². The molecule has 0 bridgehead atoms. The lowest BCUT2D eigenvalue weighted by atomic mass is 9.98. The lowest BCUT2D eigenvalue weighted by Gasteiger charge is -2.33. The lowest BCUT2D eigenvalue weighted by Crippen LogP contribution is -2.44. The first kappa shape index (κ1) is 15.4. The van der Waals surface area contributed by atoms with Gasteiger partial charge in [-0.15, -0.1) is 0 Å². The predicted molar refractivity (Wildman–Crippen MR) is 73.6 cm³/mol. The Kier molecular flexibility index (Phi) is 7.28. The van der Waals surface area contributed by atoms with E-state index in [-0.39, 0.29) is 5.91 Å². The standard InChI is InChI=1S/C14H28N2O2/c1-12(2)16(14(17)7-5-9-18-3)11-13-6-4-8-15-10-13/h12-13,15H,4-11H2,1-3H3. The average molecular weight is 256 g/mol. The molecule has 0 aliphatic carbocycles. The van der Waals surface area contributed by atoms with Gasteiger partial charge >= 0.3 is 0 Å². The molecule has 1 aliphatic rings. The van der Waals surface area contributed by atoms with Crippen molar-refractivity contribution in [1.29, 1.82) is 0 Å². The molecule has 4 heteroatoms. The van der Waals surface area contributed by atoms with Crippen molar-refractivity contribution in [3.05, 3.63) is 0 Å². The van der Waals surface area contributed by atoms with Gasteiger partial charge < -0.3 is 15.0 Å². The fourth-order valence-electron chi connectivity index (χ4n) is 2.47. The van der Waals surface area contributed by atoms with Crippen LogP contribution in [-0.4, -0.2) is 50.2 Å². The lowest BCUT2D eigenvalue weighted by molar-refractivity contribution is -0.134. The van der Waals surface area contributed by atoms with E-state index in [1.807, 2.05) is 4.90 Å². The van der Waals surface area contributed by atoms with Crippen LogP contribution in [0.4, 0.5) is 0 Å². The molecule has 0 saturated carbocycles. The summed E-state index contributed by atoms with van der Waals surface area (Å²) in [5.74, 6) is 0.889. The molecule has 4 nitrogen and oxygen atoms in total. The van der Waals surface area contributed by atoms with Gasteiger partial charge in [0.05, 0.1) is 0 Å². The molecule has 1 heterocycles. The van der Waals surface area contributed by atoms with Crippen molar-refractivity contribution in [2.24, 2.45) is 5.92 Å². The summed E-state index contributed by atoms with van der Waals surface area (Å²) in [6, 6.07) is 0.293. The summed E-state index contributed by atoms with van der Waals surface area (Å²) < 4.78 is 5.00. The number of hydrogen-bond acceptors (Lipinski definition) is 3. The minimum atomic E-state index is 0.271. The Bertz CT molecular complexity index is 238. The molecule has 1 amide bonds. The highest BCUT2D eigenvalue weighted by Gasteiger charge is 2.22. The van der Waals surface area contributed by atoms with Crippen LogP contribution in [0.25, 0.3) is 0 Å². The maximum absolute atomic E-state index is 12.2. The Labute approximate surface area is 111 Å². The van der Waals surface area contributed by atoms with Gasteiger partial charge in [-0.1, -0.05) is 0 Å². The fraction of sp³-hybridized carbons (Fsp3) is 0.929. The third-order valence-electron chi connectivity index (χ3n) is 3.54. The molecule has 18 heavy (non-hydrogen) atoms. The molecule has 1 fully saturated rings. The van der Waals surface area contributed by atoms with E-state index < -0.39 is 0 Å². The zero-order valence-electron chi connectivity index (χ0n) is 12.1. The van der Waals surface area contributed by atoms with Gasteiger partial charge in [0, 0.05) is 32.7 Å². The van der Waals surface area contributed by atoms with Gasteiger partial charge in [0.1, 0.15) is 0 Å². The Morgan fingerprint density at radius 3 is 2.83 bits per heavy atom. The Morgan fingerprint density at radius 1 is 1.50 bits per heavy atom. The van der Waals surface area contributed by atoms with Crippen LogP contribution in [0.2, 0.25) is 0 Å². The third-order valence-corrected chi connectivity index (χ3v) is 3.54. The second-order valence-electron chi connectivity index (χ2n) is 5.45. The van der Waals surface area contributed by atoms with Crippen molar-refractivity contribution in [2.75, 3.05) is 33.4 Å². The van der Waals surface area contributed by atoms with Crippen molar-refractivity contribution >= 4 is 5.91 Å². The van der Waals surface area contributed by atoms with Gasteiger partial charge in [-0.3, -0.25) is 4.79 Å². The molecule has 1 aliphatic heterocycles. The number of hydrogen-bond donors (Lipinski definition) is 1.